The van der Waals surface area contributed by atoms with Crippen molar-refractivity contribution >= 4 is 22.2 Å². The van der Waals surface area contributed by atoms with E-state index in [1.165, 1.54) is 39.7 Å². The fourth-order valence-electron chi connectivity index (χ4n) is 4.03. The third-order valence-corrected chi connectivity index (χ3v) is 5.67. The number of fused-ring (bicyclic) bond motifs is 3. The zero-order chi connectivity index (χ0) is 15.2. The quantitative estimate of drug-likeness (QED) is 0.433. The molecule has 0 spiro atoms. The molecule has 0 saturated heterocycles. The molecule has 1 atom stereocenters. The van der Waals surface area contributed by atoms with Gasteiger partial charge in [0.05, 0.1) is 6.04 Å². The minimum absolute atomic E-state index is 0.485. The molecule has 0 radical (unpaired) electrons. The molecule has 4 aromatic rings. The van der Waals surface area contributed by atoms with Crippen molar-refractivity contribution in [2.24, 2.45) is 0 Å². The average molecular weight is 315 g/mol. The molecule has 5 rings (SSSR count). The van der Waals surface area contributed by atoms with Crippen LogP contribution in [0.2, 0.25) is 0 Å². The highest BCUT2D eigenvalue weighted by molar-refractivity contribution is 7.08. The van der Waals surface area contributed by atoms with E-state index in [9.17, 15) is 0 Å². The first-order chi connectivity index (χ1) is 11.4. The number of aromatic nitrogens is 1. The Balaban J connectivity index is 1.82. The SMILES string of the molecule is c1ccc(-c2c3n(c4ccccc24)C(c2ccsc2)CC3)cc1. The maximum Gasteiger partial charge on any atom is 0.0600 e. The Kier molecular flexibility index (Phi) is 2.92. The van der Waals surface area contributed by atoms with Gasteiger partial charge in [-0.15, -0.1) is 0 Å². The van der Waals surface area contributed by atoms with Crippen LogP contribution in [0.25, 0.3) is 22.0 Å². The summed E-state index contributed by atoms with van der Waals surface area (Å²) in [7, 11) is 0. The fraction of sp³-hybridized carbons (Fsp3) is 0.143. The molecule has 2 heteroatoms. The van der Waals surface area contributed by atoms with E-state index in [-0.39, 0.29) is 0 Å². The molecule has 1 unspecified atom stereocenters. The number of nitrogens with zero attached hydrogens (tertiary/aromatic N) is 1. The van der Waals surface area contributed by atoms with Crippen molar-refractivity contribution in [3.8, 4) is 11.1 Å². The Bertz CT molecular complexity index is 964. The average Bonchev–Trinajstić information content (AvgIpc) is 3.31. The Hall–Kier alpha value is -2.32. The molecule has 2 aromatic carbocycles. The summed E-state index contributed by atoms with van der Waals surface area (Å²) in [4.78, 5) is 0. The predicted octanol–water partition coefficient (Wildman–Crippen LogP) is 5.91. The largest absolute Gasteiger partial charge is 0.336 e. The summed E-state index contributed by atoms with van der Waals surface area (Å²) in [6.45, 7) is 0. The van der Waals surface area contributed by atoms with Crippen LogP contribution in [0.4, 0.5) is 0 Å². The highest BCUT2D eigenvalue weighted by atomic mass is 32.1. The van der Waals surface area contributed by atoms with Gasteiger partial charge >= 0.3 is 0 Å². The lowest BCUT2D eigenvalue weighted by molar-refractivity contribution is 0.640. The van der Waals surface area contributed by atoms with Gasteiger partial charge in [-0.3, -0.25) is 0 Å². The first kappa shape index (κ1) is 13.1. The van der Waals surface area contributed by atoms with E-state index < -0.39 is 0 Å². The topological polar surface area (TPSA) is 4.93 Å². The molecule has 1 nitrogen and oxygen atoms in total. The van der Waals surface area contributed by atoms with Crippen LogP contribution >= 0.6 is 11.3 Å². The standard InChI is InChI=1S/C21H17NS/c1-2-6-15(7-3-1)21-17-8-4-5-9-19(17)22-18(10-11-20(21)22)16-12-13-23-14-16/h1-9,12-14,18H,10-11H2. The zero-order valence-electron chi connectivity index (χ0n) is 12.8. The van der Waals surface area contributed by atoms with E-state index in [2.05, 4.69) is 76.0 Å². The summed E-state index contributed by atoms with van der Waals surface area (Å²) in [6, 6.07) is 22.5. The van der Waals surface area contributed by atoms with E-state index in [1.807, 2.05) is 0 Å². The molecular weight excluding hydrogens is 298 g/mol. The molecule has 112 valence electrons. The molecule has 0 fully saturated rings. The minimum Gasteiger partial charge on any atom is -0.336 e. The number of thiophene rings is 1. The normalized spacial score (nSPS) is 16.8. The molecule has 0 saturated carbocycles. The second-order valence-corrected chi connectivity index (χ2v) is 6.97. The molecule has 0 N–H and O–H groups in total. The molecule has 0 bridgehead atoms. The number of benzene rings is 2. The lowest BCUT2D eigenvalue weighted by atomic mass is 9.99. The van der Waals surface area contributed by atoms with Crippen LogP contribution < -0.4 is 0 Å². The first-order valence-corrected chi connectivity index (χ1v) is 9.07. The Morgan fingerprint density at radius 1 is 0.913 bits per heavy atom. The predicted molar refractivity (Wildman–Crippen MR) is 98.2 cm³/mol. The first-order valence-electron chi connectivity index (χ1n) is 8.13. The molecule has 3 heterocycles. The van der Waals surface area contributed by atoms with Crippen molar-refractivity contribution < 1.29 is 0 Å². The Morgan fingerprint density at radius 3 is 2.57 bits per heavy atom. The lowest BCUT2D eigenvalue weighted by Crippen LogP contribution is -2.03. The number of hydrogen-bond acceptors (Lipinski definition) is 1. The highest BCUT2D eigenvalue weighted by Gasteiger charge is 2.29. The van der Waals surface area contributed by atoms with Crippen LogP contribution in [0.15, 0.2) is 71.4 Å². The second-order valence-electron chi connectivity index (χ2n) is 6.19. The van der Waals surface area contributed by atoms with Crippen molar-refractivity contribution in [2.45, 2.75) is 18.9 Å². The Labute approximate surface area is 139 Å². The molecule has 0 aliphatic carbocycles. The van der Waals surface area contributed by atoms with Gasteiger partial charge in [0.2, 0.25) is 0 Å². The van der Waals surface area contributed by atoms with E-state index in [4.69, 9.17) is 0 Å². The maximum absolute atomic E-state index is 2.58. The van der Waals surface area contributed by atoms with Crippen molar-refractivity contribution in [1.29, 1.82) is 0 Å². The van der Waals surface area contributed by atoms with Crippen LogP contribution in [-0.4, -0.2) is 4.57 Å². The van der Waals surface area contributed by atoms with E-state index >= 15 is 0 Å². The number of para-hydroxylation sites is 1. The summed E-state index contributed by atoms with van der Waals surface area (Å²) in [5.41, 5.74) is 7.08. The summed E-state index contributed by atoms with van der Waals surface area (Å²) >= 11 is 1.80. The monoisotopic (exact) mass is 315 g/mol. The molecular formula is C21H17NS. The van der Waals surface area contributed by atoms with Crippen molar-refractivity contribution in [1.82, 2.24) is 4.57 Å². The molecule has 2 aromatic heterocycles. The third kappa shape index (κ3) is 1.91. The maximum atomic E-state index is 2.58. The third-order valence-electron chi connectivity index (χ3n) is 4.97. The zero-order valence-corrected chi connectivity index (χ0v) is 13.6. The van der Waals surface area contributed by atoms with Gasteiger partial charge in [0, 0.05) is 22.2 Å². The van der Waals surface area contributed by atoms with Crippen LogP contribution in [0, 0.1) is 0 Å². The van der Waals surface area contributed by atoms with Gasteiger partial charge in [0.25, 0.3) is 0 Å². The van der Waals surface area contributed by atoms with E-state index in [0.29, 0.717) is 6.04 Å². The van der Waals surface area contributed by atoms with Gasteiger partial charge in [-0.2, -0.15) is 11.3 Å². The molecule has 0 amide bonds. The molecule has 23 heavy (non-hydrogen) atoms. The molecule has 1 aliphatic heterocycles. The van der Waals surface area contributed by atoms with E-state index in [1.54, 1.807) is 11.3 Å². The van der Waals surface area contributed by atoms with Gasteiger partial charge in [-0.1, -0.05) is 48.5 Å². The van der Waals surface area contributed by atoms with Crippen molar-refractivity contribution in [2.75, 3.05) is 0 Å². The number of rotatable bonds is 2. The minimum atomic E-state index is 0.485. The van der Waals surface area contributed by atoms with Crippen LogP contribution in [0.1, 0.15) is 23.7 Å². The van der Waals surface area contributed by atoms with Crippen molar-refractivity contribution in [3.63, 3.8) is 0 Å². The van der Waals surface area contributed by atoms with Gasteiger partial charge in [0.15, 0.2) is 0 Å². The smallest absolute Gasteiger partial charge is 0.0600 e. The van der Waals surface area contributed by atoms with Crippen LogP contribution in [0.3, 0.4) is 0 Å². The summed E-state index contributed by atoms with van der Waals surface area (Å²) in [5.74, 6) is 0. The lowest BCUT2D eigenvalue weighted by Gasteiger charge is -2.13. The summed E-state index contributed by atoms with van der Waals surface area (Å²) in [5, 5.41) is 5.88. The summed E-state index contributed by atoms with van der Waals surface area (Å²) < 4.78 is 2.58. The second kappa shape index (κ2) is 5.10. The fourth-order valence-corrected chi connectivity index (χ4v) is 4.73. The van der Waals surface area contributed by atoms with Gasteiger partial charge in [-0.25, -0.2) is 0 Å². The van der Waals surface area contributed by atoms with Gasteiger partial charge in [0.1, 0.15) is 0 Å². The van der Waals surface area contributed by atoms with Crippen LogP contribution in [0.5, 0.6) is 0 Å². The Morgan fingerprint density at radius 2 is 1.74 bits per heavy atom. The van der Waals surface area contributed by atoms with Crippen molar-refractivity contribution in [3.05, 3.63) is 82.7 Å². The van der Waals surface area contributed by atoms with E-state index in [0.717, 1.165) is 6.42 Å². The molecule has 1 aliphatic rings. The van der Waals surface area contributed by atoms with Crippen LogP contribution in [-0.2, 0) is 6.42 Å². The number of hydrogen-bond donors (Lipinski definition) is 0. The van der Waals surface area contributed by atoms with Gasteiger partial charge < -0.3 is 4.57 Å². The summed E-state index contributed by atoms with van der Waals surface area (Å²) in [6.07, 6.45) is 2.36. The highest BCUT2D eigenvalue weighted by Crippen LogP contribution is 2.44. The van der Waals surface area contributed by atoms with Gasteiger partial charge in [-0.05, 0) is 46.9 Å².